The Morgan fingerprint density at radius 1 is 1.12 bits per heavy atom. The van der Waals surface area contributed by atoms with Gasteiger partial charge in [0.15, 0.2) is 5.60 Å². The van der Waals surface area contributed by atoms with Gasteiger partial charge in [0, 0.05) is 11.1 Å². The van der Waals surface area contributed by atoms with Crippen LogP contribution in [-0.2, 0) is 20.5 Å². The number of esters is 1. The minimum Gasteiger partial charge on any atom is -0.448 e. The summed E-state index contributed by atoms with van der Waals surface area (Å²) < 4.78 is 43.2. The van der Waals surface area contributed by atoms with E-state index in [2.05, 4.69) is 5.32 Å². The van der Waals surface area contributed by atoms with Crippen LogP contribution in [0.15, 0.2) is 24.3 Å². The average molecular weight is 341 g/mol. The Morgan fingerprint density at radius 3 is 2.12 bits per heavy atom. The first-order chi connectivity index (χ1) is 10.9. The highest BCUT2D eigenvalue weighted by atomic mass is 19.4. The molecular weight excluding hydrogens is 323 g/mol. The molecule has 1 aliphatic heterocycles. The van der Waals surface area contributed by atoms with Crippen molar-refractivity contribution < 1.29 is 27.5 Å². The second-order valence-corrected chi connectivity index (χ2v) is 7.20. The number of rotatable bonds is 2. The van der Waals surface area contributed by atoms with Gasteiger partial charge in [-0.25, -0.2) is 0 Å². The predicted octanol–water partition coefficient (Wildman–Crippen LogP) is 3.77. The highest BCUT2D eigenvalue weighted by Crippen LogP contribution is 2.65. The Kier molecular flexibility index (Phi) is 3.32. The van der Waals surface area contributed by atoms with Crippen LogP contribution in [-0.4, -0.2) is 17.5 Å². The van der Waals surface area contributed by atoms with Gasteiger partial charge in [0.05, 0.1) is 11.0 Å². The predicted molar refractivity (Wildman–Crippen MR) is 80.0 cm³/mol. The smallest absolute Gasteiger partial charge is 0.416 e. The molecule has 1 aromatic carbocycles. The van der Waals surface area contributed by atoms with Crippen molar-refractivity contribution in [2.45, 2.75) is 45.4 Å². The number of nitrogens with one attached hydrogen (secondary N) is 1. The molecule has 1 N–H and O–H groups in total. The largest absolute Gasteiger partial charge is 0.448 e. The van der Waals surface area contributed by atoms with E-state index in [0.29, 0.717) is 12.8 Å². The zero-order valence-corrected chi connectivity index (χ0v) is 13.6. The number of alkyl halides is 3. The van der Waals surface area contributed by atoms with Crippen molar-refractivity contribution in [2.75, 3.05) is 5.32 Å². The Hall–Kier alpha value is -2.05. The molecule has 2 bridgehead atoms. The Bertz CT molecular complexity index is 711. The molecule has 0 spiro atoms. The fraction of sp³-hybridized carbons (Fsp3) is 0.529. The van der Waals surface area contributed by atoms with Gasteiger partial charge in [0.1, 0.15) is 0 Å². The lowest BCUT2D eigenvalue weighted by Gasteiger charge is -2.35. The van der Waals surface area contributed by atoms with E-state index in [1.165, 1.54) is 12.1 Å². The van der Waals surface area contributed by atoms with Gasteiger partial charge in [-0.3, -0.25) is 9.59 Å². The van der Waals surface area contributed by atoms with Crippen LogP contribution < -0.4 is 5.32 Å². The second-order valence-electron chi connectivity index (χ2n) is 7.20. The maximum absolute atomic E-state index is 12.8. The van der Waals surface area contributed by atoms with E-state index in [1.54, 1.807) is 6.92 Å². The van der Waals surface area contributed by atoms with Gasteiger partial charge in [0.25, 0.3) is 5.91 Å². The number of carbonyl (C=O) groups is 2. The summed E-state index contributed by atoms with van der Waals surface area (Å²) >= 11 is 0. The minimum absolute atomic E-state index is 0.231. The van der Waals surface area contributed by atoms with Crippen LogP contribution in [0.3, 0.4) is 0 Å². The first-order valence-corrected chi connectivity index (χ1v) is 7.66. The molecule has 1 saturated carbocycles. The van der Waals surface area contributed by atoms with Crippen molar-refractivity contribution in [3.63, 3.8) is 0 Å². The lowest BCUT2D eigenvalue weighted by atomic mass is 9.66. The number of halogens is 3. The number of amides is 1. The quantitative estimate of drug-likeness (QED) is 0.833. The molecule has 130 valence electrons. The maximum Gasteiger partial charge on any atom is 0.416 e. The number of benzene rings is 1. The SMILES string of the molecule is CC1(C)[C@@]2(C)CC[C@@]1(C(=O)Nc1ccc(C(F)(F)F)cc1)OC2=O. The van der Waals surface area contributed by atoms with E-state index in [9.17, 15) is 22.8 Å². The van der Waals surface area contributed by atoms with Crippen molar-refractivity contribution in [3.05, 3.63) is 29.8 Å². The van der Waals surface area contributed by atoms with Crippen LogP contribution >= 0.6 is 0 Å². The molecule has 0 radical (unpaired) electrons. The molecule has 1 heterocycles. The van der Waals surface area contributed by atoms with E-state index in [0.717, 1.165) is 12.1 Å². The van der Waals surface area contributed by atoms with E-state index in [1.807, 2.05) is 13.8 Å². The monoisotopic (exact) mass is 341 g/mol. The Morgan fingerprint density at radius 2 is 1.71 bits per heavy atom. The zero-order valence-electron chi connectivity index (χ0n) is 13.6. The van der Waals surface area contributed by atoms with Crippen molar-refractivity contribution in [1.82, 2.24) is 0 Å². The van der Waals surface area contributed by atoms with Gasteiger partial charge in [-0.05, 0) is 44.0 Å². The topological polar surface area (TPSA) is 55.4 Å². The highest BCUT2D eigenvalue weighted by molar-refractivity contribution is 6.03. The van der Waals surface area contributed by atoms with Gasteiger partial charge in [-0.15, -0.1) is 0 Å². The molecule has 1 aromatic rings. The van der Waals surface area contributed by atoms with E-state index < -0.39 is 40.0 Å². The molecule has 24 heavy (non-hydrogen) atoms. The van der Waals surface area contributed by atoms with Crippen LogP contribution in [0.2, 0.25) is 0 Å². The van der Waals surface area contributed by atoms with Gasteiger partial charge in [0.2, 0.25) is 0 Å². The Balaban J connectivity index is 1.85. The summed E-state index contributed by atoms with van der Waals surface area (Å²) in [7, 11) is 0. The molecule has 2 fully saturated rings. The van der Waals surface area contributed by atoms with E-state index >= 15 is 0 Å². The molecule has 2 aliphatic rings. The fourth-order valence-electron chi connectivity index (χ4n) is 3.72. The molecular formula is C17H18F3NO3. The first-order valence-electron chi connectivity index (χ1n) is 7.66. The molecule has 1 saturated heterocycles. The molecule has 7 heteroatoms. The molecule has 2 atom stereocenters. The number of anilines is 1. The summed E-state index contributed by atoms with van der Waals surface area (Å²) in [6.45, 7) is 5.42. The normalized spacial score (nSPS) is 31.0. The van der Waals surface area contributed by atoms with Crippen molar-refractivity contribution in [3.8, 4) is 0 Å². The number of fused-ring (bicyclic) bond motifs is 2. The van der Waals surface area contributed by atoms with Crippen molar-refractivity contribution in [2.24, 2.45) is 10.8 Å². The summed E-state index contributed by atoms with van der Waals surface area (Å²) in [5.74, 6) is -0.900. The van der Waals surface area contributed by atoms with Gasteiger partial charge < -0.3 is 10.1 Å². The highest BCUT2D eigenvalue weighted by Gasteiger charge is 2.75. The lowest BCUT2D eigenvalue weighted by molar-refractivity contribution is -0.165. The summed E-state index contributed by atoms with van der Waals surface area (Å²) in [6.07, 6.45) is -3.49. The van der Waals surface area contributed by atoms with Gasteiger partial charge in [-0.1, -0.05) is 13.8 Å². The molecule has 3 rings (SSSR count). The molecule has 4 nitrogen and oxygen atoms in total. The third kappa shape index (κ3) is 1.99. The van der Waals surface area contributed by atoms with Gasteiger partial charge >= 0.3 is 12.1 Å². The summed E-state index contributed by atoms with van der Waals surface area (Å²) in [5.41, 5.74) is -3.28. The maximum atomic E-state index is 12.8. The standard InChI is InChI=1S/C17H18F3NO3/c1-14(2)15(3)8-9-16(14,24-13(15)23)12(22)21-11-6-4-10(5-7-11)17(18,19)20/h4-7H,8-9H2,1-3H3,(H,21,22)/t15-,16-/m0/s1. The minimum atomic E-state index is -4.43. The summed E-state index contributed by atoms with van der Waals surface area (Å²) in [5, 5.41) is 2.59. The van der Waals surface area contributed by atoms with Gasteiger partial charge in [-0.2, -0.15) is 13.2 Å². The van der Waals surface area contributed by atoms with E-state index in [-0.39, 0.29) is 5.69 Å². The van der Waals surface area contributed by atoms with Crippen LogP contribution in [0.1, 0.15) is 39.2 Å². The molecule has 1 aliphatic carbocycles. The number of hydrogen-bond acceptors (Lipinski definition) is 3. The second kappa shape index (κ2) is 4.74. The third-order valence-electron chi connectivity index (χ3n) is 5.92. The first kappa shape index (κ1) is 16.8. The third-order valence-corrected chi connectivity index (χ3v) is 5.92. The number of carbonyl (C=O) groups excluding carboxylic acids is 2. The molecule has 1 amide bonds. The van der Waals surface area contributed by atoms with Crippen LogP contribution in [0.4, 0.5) is 18.9 Å². The average Bonchev–Trinajstić information content (AvgIpc) is 2.77. The van der Waals surface area contributed by atoms with Crippen LogP contribution in [0.5, 0.6) is 0 Å². The van der Waals surface area contributed by atoms with Crippen LogP contribution in [0.25, 0.3) is 0 Å². The fourth-order valence-corrected chi connectivity index (χ4v) is 3.72. The van der Waals surface area contributed by atoms with Crippen molar-refractivity contribution >= 4 is 17.6 Å². The molecule has 0 aromatic heterocycles. The van der Waals surface area contributed by atoms with Crippen molar-refractivity contribution in [1.29, 1.82) is 0 Å². The summed E-state index contributed by atoms with van der Waals surface area (Å²) in [6, 6.07) is 4.18. The molecule has 0 unspecified atom stereocenters. The van der Waals surface area contributed by atoms with E-state index in [4.69, 9.17) is 4.74 Å². The Labute approximate surface area is 137 Å². The zero-order chi connectivity index (χ0) is 18.0. The summed E-state index contributed by atoms with van der Waals surface area (Å²) in [4.78, 5) is 24.9. The van der Waals surface area contributed by atoms with Crippen LogP contribution in [0, 0.1) is 10.8 Å². The lowest BCUT2D eigenvalue weighted by Crippen LogP contribution is -2.50. The number of ether oxygens (including phenoxy) is 1. The number of hydrogen-bond donors (Lipinski definition) is 1.